The van der Waals surface area contributed by atoms with Crippen LogP contribution in [0.25, 0.3) is 0 Å². The maximum Gasteiger partial charge on any atom is 0.307 e. The molecule has 1 atom stereocenters. The average molecular weight is 339 g/mol. The van der Waals surface area contributed by atoms with E-state index in [4.69, 9.17) is 15.2 Å². The maximum atomic E-state index is 11.2. The lowest BCUT2D eigenvalue weighted by molar-refractivity contribution is -0.141. The van der Waals surface area contributed by atoms with Gasteiger partial charge in [0.05, 0.1) is 13.5 Å². The Hall–Kier alpha value is -0.980. The molecule has 7 heteroatoms. The Bertz CT molecular complexity index is 455. The van der Waals surface area contributed by atoms with Gasteiger partial charge in [0.15, 0.2) is 11.5 Å². The van der Waals surface area contributed by atoms with Gasteiger partial charge in [0.2, 0.25) is 6.79 Å². The van der Waals surface area contributed by atoms with Crippen molar-refractivity contribution in [2.24, 2.45) is 5.73 Å². The van der Waals surface area contributed by atoms with E-state index in [1.165, 1.54) is 7.11 Å². The number of hydrogen-bond donors (Lipinski definition) is 1. The van der Waals surface area contributed by atoms with Crippen molar-refractivity contribution >= 4 is 34.3 Å². The van der Waals surface area contributed by atoms with Crippen LogP contribution in [0.5, 0.6) is 11.5 Å². The van der Waals surface area contributed by atoms with Crippen molar-refractivity contribution in [3.63, 3.8) is 0 Å². The number of ether oxygens (including phenoxy) is 3. The topological polar surface area (TPSA) is 70.8 Å². The fourth-order valence-corrected chi connectivity index (χ4v) is 2.21. The van der Waals surface area contributed by atoms with Crippen molar-refractivity contribution in [1.82, 2.24) is 0 Å². The molecule has 1 aliphatic rings. The van der Waals surface area contributed by atoms with E-state index < -0.39 is 6.04 Å². The summed E-state index contributed by atoms with van der Waals surface area (Å²) in [6.07, 6.45) is 0.120. The number of methoxy groups -OCH3 is 1. The standard InChI is InChI=1S/C11H12BrNO4.ClH/c1-15-11(14)4-8(13)6-2-9-10(3-7(6)12)17-5-16-9;/h2-3,8H,4-5,13H2,1H3;1H/t8-;/m1./s1. The van der Waals surface area contributed by atoms with Crippen molar-refractivity contribution < 1.29 is 19.0 Å². The first-order chi connectivity index (χ1) is 8.11. The van der Waals surface area contributed by atoms with Crippen LogP contribution in [0.4, 0.5) is 0 Å². The van der Waals surface area contributed by atoms with Crippen molar-refractivity contribution in [3.8, 4) is 11.5 Å². The zero-order valence-electron chi connectivity index (χ0n) is 9.64. The number of rotatable bonds is 3. The van der Waals surface area contributed by atoms with Gasteiger partial charge in [0, 0.05) is 10.5 Å². The summed E-state index contributed by atoms with van der Waals surface area (Å²) in [6, 6.07) is 3.13. The van der Waals surface area contributed by atoms with Gasteiger partial charge in [-0.1, -0.05) is 15.9 Å². The first kappa shape index (κ1) is 15.1. The average Bonchev–Trinajstić information content (AvgIpc) is 2.74. The van der Waals surface area contributed by atoms with Crippen molar-refractivity contribution in [2.45, 2.75) is 12.5 Å². The molecule has 0 unspecified atom stereocenters. The SMILES string of the molecule is COC(=O)C[C@@H](N)c1cc2c(cc1Br)OCO2.Cl. The fourth-order valence-electron chi connectivity index (χ4n) is 1.59. The summed E-state index contributed by atoms with van der Waals surface area (Å²) < 4.78 is 15.9. The number of benzene rings is 1. The third-order valence-corrected chi connectivity index (χ3v) is 3.19. The molecule has 2 N–H and O–H groups in total. The predicted octanol–water partition coefficient (Wildman–Crippen LogP) is 2.16. The lowest BCUT2D eigenvalue weighted by Gasteiger charge is -2.13. The molecule has 0 aromatic heterocycles. The molecule has 1 heterocycles. The monoisotopic (exact) mass is 337 g/mol. The molecular formula is C11H13BrClNO4. The van der Waals surface area contributed by atoms with E-state index in [-0.39, 0.29) is 31.6 Å². The summed E-state index contributed by atoms with van der Waals surface area (Å²) >= 11 is 3.39. The van der Waals surface area contributed by atoms with E-state index in [0.717, 1.165) is 10.0 Å². The molecule has 0 radical (unpaired) electrons. The normalized spacial score (nSPS) is 13.7. The van der Waals surface area contributed by atoms with Crippen molar-refractivity contribution in [2.75, 3.05) is 13.9 Å². The second-order valence-electron chi connectivity index (χ2n) is 3.61. The second-order valence-corrected chi connectivity index (χ2v) is 4.47. The Morgan fingerprint density at radius 1 is 1.50 bits per heavy atom. The van der Waals surface area contributed by atoms with Crippen LogP contribution in [0.15, 0.2) is 16.6 Å². The van der Waals surface area contributed by atoms with E-state index in [2.05, 4.69) is 20.7 Å². The van der Waals surface area contributed by atoms with Crippen LogP contribution in [0.1, 0.15) is 18.0 Å². The molecule has 2 rings (SSSR count). The molecule has 1 aliphatic heterocycles. The van der Waals surface area contributed by atoms with Gasteiger partial charge in [-0.3, -0.25) is 4.79 Å². The lowest BCUT2D eigenvalue weighted by atomic mass is 10.0. The van der Waals surface area contributed by atoms with Gasteiger partial charge >= 0.3 is 5.97 Å². The van der Waals surface area contributed by atoms with Gasteiger partial charge < -0.3 is 19.9 Å². The molecule has 1 aromatic carbocycles. The van der Waals surface area contributed by atoms with Gasteiger partial charge in [-0.25, -0.2) is 0 Å². The third-order valence-electron chi connectivity index (χ3n) is 2.51. The van der Waals surface area contributed by atoms with Gasteiger partial charge in [-0.2, -0.15) is 0 Å². The molecule has 1 aromatic rings. The van der Waals surface area contributed by atoms with Crippen molar-refractivity contribution in [1.29, 1.82) is 0 Å². The molecule has 0 saturated heterocycles. The molecule has 100 valence electrons. The second kappa shape index (κ2) is 6.26. The lowest BCUT2D eigenvalue weighted by Crippen LogP contribution is -2.16. The van der Waals surface area contributed by atoms with Gasteiger partial charge in [0.25, 0.3) is 0 Å². The Morgan fingerprint density at radius 2 is 2.11 bits per heavy atom. The van der Waals surface area contributed by atoms with Crippen LogP contribution in [-0.4, -0.2) is 19.9 Å². The van der Waals surface area contributed by atoms with E-state index in [0.29, 0.717) is 11.5 Å². The van der Waals surface area contributed by atoms with E-state index in [9.17, 15) is 4.79 Å². The molecule has 18 heavy (non-hydrogen) atoms. The third kappa shape index (κ3) is 3.07. The number of esters is 1. The Labute approximate surface area is 119 Å². The van der Waals surface area contributed by atoms with E-state index in [1.807, 2.05) is 0 Å². The maximum absolute atomic E-state index is 11.2. The molecule has 0 spiro atoms. The number of halogens is 2. The first-order valence-corrected chi connectivity index (χ1v) is 5.82. The van der Waals surface area contributed by atoms with Gasteiger partial charge in [-0.15, -0.1) is 12.4 Å². The minimum Gasteiger partial charge on any atom is -0.469 e. The highest BCUT2D eigenvalue weighted by atomic mass is 79.9. The predicted molar refractivity (Wildman–Crippen MR) is 71.1 cm³/mol. The zero-order chi connectivity index (χ0) is 12.4. The summed E-state index contributed by atoms with van der Waals surface area (Å²) in [5, 5.41) is 0. The number of carbonyl (C=O) groups excluding carboxylic acids is 1. The van der Waals surface area contributed by atoms with Gasteiger partial charge in [0.1, 0.15) is 0 Å². The summed E-state index contributed by atoms with van der Waals surface area (Å²) in [5.41, 5.74) is 6.73. The number of nitrogens with two attached hydrogens (primary N) is 1. The summed E-state index contributed by atoms with van der Waals surface area (Å²) in [6.45, 7) is 0.206. The quantitative estimate of drug-likeness (QED) is 0.855. The molecule has 0 bridgehead atoms. The number of carbonyl (C=O) groups is 1. The van der Waals surface area contributed by atoms with E-state index >= 15 is 0 Å². The Morgan fingerprint density at radius 3 is 2.72 bits per heavy atom. The van der Waals surface area contributed by atoms with Crippen LogP contribution in [0.2, 0.25) is 0 Å². The zero-order valence-corrected chi connectivity index (χ0v) is 12.0. The molecule has 5 nitrogen and oxygen atoms in total. The Kier molecular flexibility index (Phi) is 5.25. The summed E-state index contributed by atoms with van der Waals surface area (Å²) in [5.74, 6) is 0.969. The van der Waals surface area contributed by atoms with Crippen LogP contribution >= 0.6 is 28.3 Å². The molecule has 0 amide bonds. The van der Waals surface area contributed by atoms with Crippen LogP contribution in [0.3, 0.4) is 0 Å². The highest BCUT2D eigenvalue weighted by Crippen LogP contribution is 2.39. The number of hydrogen-bond acceptors (Lipinski definition) is 5. The van der Waals surface area contributed by atoms with Crippen LogP contribution in [-0.2, 0) is 9.53 Å². The van der Waals surface area contributed by atoms with Gasteiger partial charge in [-0.05, 0) is 17.7 Å². The molecule has 0 saturated carbocycles. The fraction of sp³-hybridized carbons (Fsp3) is 0.364. The minimum atomic E-state index is -0.439. The Balaban J connectivity index is 0.00000162. The smallest absolute Gasteiger partial charge is 0.307 e. The van der Waals surface area contributed by atoms with Crippen molar-refractivity contribution in [3.05, 3.63) is 22.2 Å². The van der Waals surface area contributed by atoms with Crippen LogP contribution in [0, 0.1) is 0 Å². The molecule has 0 aliphatic carbocycles. The summed E-state index contributed by atoms with van der Waals surface area (Å²) in [4.78, 5) is 11.2. The largest absolute Gasteiger partial charge is 0.469 e. The van der Waals surface area contributed by atoms with Crippen LogP contribution < -0.4 is 15.2 Å². The number of fused-ring (bicyclic) bond motifs is 1. The highest BCUT2D eigenvalue weighted by molar-refractivity contribution is 9.10. The molecule has 0 fully saturated rings. The minimum absolute atomic E-state index is 0. The molecular weight excluding hydrogens is 325 g/mol. The highest BCUT2D eigenvalue weighted by Gasteiger charge is 2.21. The van der Waals surface area contributed by atoms with E-state index in [1.54, 1.807) is 12.1 Å². The summed E-state index contributed by atoms with van der Waals surface area (Å²) in [7, 11) is 1.34. The first-order valence-electron chi connectivity index (χ1n) is 5.03.